The van der Waals surface area contributed by atoms with E-state index in [4.69, 9.17) is 4.74 Å². The molecule has 2 aromatic heterocycles. The van der Waals surface area contributed by atoms with Crippen LogP contribution in [-0.2, 0) is 20.2 Å². The topological polar surface area (TPSA) is 123 Å². The Morgan fingerprint density at radius 3 is 2.48 bits per heavy atom. The molecule has 0 atom stereocenters. The number of carbonyl (C=O) groups is 1. The quantitative estimate of drug-likeness (QED) is 0.464. The molecule has 176 valence electrons. The van der Waals surface area contributed by atoms with Crippen LogP contribution in [0.2, 0.25) is 0 Å². The number of benzene rings is 1. The highest BCUT2D eigenvalue weighted by atomic mass is 32.2. The molecular weight excluding hydrogens is 462 g/mol. The van der Waals surface area contributed by atoms with Gasteiger partial charge in [-0.1, -0.05) is 12.1 Å². The van der Waals surface area contributed by atoms with Gasteiger partial charge in [0, 0.05) is 16.6 Å². The molecule has 9 nitrogen and oxygen atoms in total. The third kappa shape index (κ3) is 5.85. The summed E-state index contributed by atoms with van der Waals surface area (Å²) in [5.74, 6) is 0.185. The van der Waals surface area contributed by atoms with Crippen molar-refractivity contribution in [1.82, 2.24) is 15.0 Å². The van der Waals surface area contributed by atoms with Crippen LogP contribution in [0.25, 0.3) is 11.3 Å². The smallest absolute Gasteiger partial charge is 0.236 e. The number of hydrogen-bond acceptors (Lipinski definition) is 8. The Labute approximate surface area is 197 Å². The zero-order chi connectivity index (χ0) is 24.2. The Balaban J connectivity index is 1.71. The van der Waals surface area contributed by atoms with Crippen LogP contribution < -0.4 is 14.8 Å². The molecule has 0 saturated heterocycles. The summed E-state index contributed by atoms with van der Waals surface area (Å²) in [6, 6.07) is 7.23. The van der Waals surface area contributed by atoms with Crippen LogP contribution in [0.5, 0.6) is 5.88 Å². The Hall–Kier alpha value is -3.05. The summed E-state index contributed by atoms with van der Waals surface area (Å²) in [5.41, 5.74) is 1.61. The van der Waals surface area contributed by atoms with Crippen LogP contribution in [0.4, 0.5) is 10.8 Å². The van der Waals surface area contributed by atoms with Crippen molar-refractivity contribution in [3.63, 3.8) is 0 Å². The van der Waals surface area contributed by atoms with Crippen molar-refractivity contribution in [2.45, 2.75) is 45.3 Å². The van der Waals surface area contributed by atoms with Crippen molar-refractivity contribution in [2.75, 3.05) is 16.6 Å². The van der Waals surface area contributed by atoms with Crippen LogP contribution in [0.3, 0.4) is 0 Å². The molecule has 33 heavy (non-hydrogen) atoms. The fraction of sp³-hybridized carbons (Fsp3) is 0.364. The number of thiazole rings is 1. The maximum Gasteiger partial charge on any atom is 0.236 e. The molecule has 1 amide bonds. The number of sulfonamides is 1. The Morgan fingerprint density at radius 2 is 1.85 bits per heavy atom. The van der Waals surface area contributed by atoms with Gasteiger partial charge in [-0.15, -0.1) is 11.3 Å². The molecule has 0 fully saturated rings. The first-order valence-corrected chi connectivity index (χ1v) is 12.8. The lowest BCUT2D eigenvalue weighted by Crippen LogP contribution is -2.35. The number of amides is 1. The minimum Gasteiger partial charge on any atom is -0.477 e. The van der Waals surface area contributed by atoms with Gasteiger partial charge in [0.25, 0.3) is 0 Å². The molecule has 0 radical (unpaired) electrons. The van der Waals surface area contributed by atoms with Crippen LogP contribution in [0, 0.1) is 0 Å². The van der Waals surface area contributed by atoms with Gasteiger partial charge in [0.05, 0.1) is 41.1 Å². The number of nitrogens with zero attached hydrogens (tertiary/aromatic N) is 3. The van der Waals surface area contributed by atoms with Crippen molar-refractivity contribution in [3.8, 4) is 17.1 Å². The van der Waals surface area contributed by atoms with E-state index in [0.29, 0.717) is 29.6 Å². The second-order valence-electron chi connectivity index (χ2n) is 8.07. The van der Waals surface area contributed by atoms with E-state index in [2.05, 4.69) is 25.0 Å². The summed E-state index contributed by atoms with van der Waals surface area (Å²) in [6.45, 7) is 9.03. The standard InChI is InChI=1S/C22H27N5O4S2/c1-6-31-19-12-23-11-17(25-19)15-7-9-16(10-8-15)24-20(28)22(4,5)18-13-32-21(26-18)27-33(29,30)14(2)3/h7-14H,6H2,1-5H3,(H,24,28)(H,26,27). The molecule has 0 aliphatic heterocycles. The molecule has 2 N–H and O–H groups in total. The highest BCUT2D eigenvalue weighted by molar-refractivity contribution is 7.93. The predicted molar refractivity (Wildman–Crippen MR) is 130 cm³/mol. The van der Waals surface area contributed by atoms with Crippen LogP contribution in [0.15, 0.2) is 42.0 Å². The molecular formula is C22H27N5O4S2. The van der Waals surface area contributed by atoms with Gasteiger partial charge < -0.3 is 10.1 Å². The van der Waals surface area contributed by atoms with Crippen molar-refractivity contribution in [2.24, 2.45) is 0 Å². The number of rotatable bonds is 9. The van der Waals surface area contributed by atoms with Crippen molar-refractivity contribution >= 4 is 38.1 Å². The first kappa shape index (κ1) is 24.6. The van der Waals surface area contributed by atoms with E-state index in [9.17, 15) is 13.2 Å². The fourth-order valence-electron chi connectivity index (χ4n) is 2.68. The monoisotopic (exact) mass is 489 g/mol. The zero-order valence-corrected chi connectivity index (χ0v) is 20.8. The molecule has 3 rings (SSSR count). The summed E-state index contributed by atoms with van der Waals surface area (Å²) in [4.78, 5) is 25.9. The largest absolute Gasteiger partial charge is 0.477 e. The molecule has 0 aliphatic carbocycles. The zero-order valence-electron chi connectivity index (χ0n) is 19.1. The minimum atomic E-state index is -3.51. The highest BCUT2D eigenvalue weighted by Gasteiger charge is 2.33. The van der Waals surface area contributed by atoms with Gasteiger partial charge in [-0.2, -0.15) is 0 Å². The van der Waals surface area contributed by atoms with Crippen molar-refractivity contribution in [3.05, 3.63) is 47.7 Å². The van der Waals surface area contributed by atoms with E-state index in [0.717, 1.165) is 16.9 Å². The number of nitrogens with one attached hydrogen (secondary N) is 2. The fourth-order valence-corrected chi connectivity index (χ4v) is 4.47. The summed E-state index contributed by atoms with van der Waals surface area (Å²) >= 11 is 1.14. The molecule has 0 bridgehead atoms. The van der Waals surface area contributed by atoms with Gasteiger partial charge in [-0.05, 0) is 46.8 Å². The van der Waals surface area contributed by atoms with Gasteiger partial charge in [0.1, 0.15) is 0 Å². The van der Waals surface area contributed by atoms with E-state index in [1.165, 1.54) is 0 Å². The third-order valence-corrected chi connectivity index (χ3v) is 7.51. The van der Waals surface area contributed by atoms with E-state index in [1.807, 2.05) is 19.1 Å². The molecule has 11 heteroatoms. The van der Waals surface area contributed by atoms with E-state index in [1.54, 1.807) is 57.6 Å². The lowest BCUT2D eigenvalue weighted by molar-refractivity contribution is -0.120. The average Bonchev–Trinajstić information content (AvgIpc) is 3.23. The molecule has 0 saturated carbocycles. The Kier molecular flexibility index (Phi) is 7.33. The molecule has 0 unspecified atom stereocenters. The molecule has 3 aromatic rings. The average molecular weight is 490 g/mol. The maximum absolute atomic E-state index is 13.0. The number of aromatic nitrogens is 3. The lowest BCUT2D eigenvalue weighted by Gasteiger charge is -2.21. The van der Waals surface area contributed by atoms with E-state index >= 15 is 0 Å². The second kappa shape index (κ2) is 9.84. The predicted octanol–water partition coefficient (Wildman–Crippen LogP) is 4.07. The van der Waals surface area contributed by atoms with Crippen molar-refractivity contribution < 1.29 is 17.9 Å². The number of anilines is 2. The molecule has 0 aliphatic rings. The summed E-state index contributed by atoms with van der Waals surface area (Å²) in [6.07, 6.45) is 3.20. The number of hydrogen-bond donors (Lipinski definition) is 2. The van der Waals surface area contributed by atoms with Crippen molar-refractivity contribution in [1.29, 1.82) is 0 Å². The van der Waals surface area contributed by atoms with Gasteiger partial charge >= 0.3 is 0 Å². The van der Waals surface area contributed by atoms with Gasteiger partial charge in [0.15, 0.2) is 5.13 Å². The van der Waals surface area contributed by atoms with Crippen LogP contribution in [0.1, 0.15) is 40.3 Å². The van der Waals surface area contributed by atoms with Gasteiger partial charge in [0.2, 0.25) is 21.8 Å². The maximum atomic E-state index is 13.0. The SMILES string of the molecule is CCOc1cncc(-c2ccc(NC(=O)C(C)(C)c3csc(NS(=O)(=O)C(C)C)n3)cc2)n1. The lowest BCUT2D eigenvalue weighted by atomic mass is 9.89. The van der Waals surface area contributed by atoms with Gasteiger partial charge in [-0.3, -0.25) is 14.5 Å². The minimum absolute atomic E-state index is 0.235. The molecule has 1 aromatic carbocycles. The summed E-state index contributed by atoms with van der Waals surface area (Å²) in [7, 11) is -3.51. The molecule has 2 heterocycles. The van der Waals surface area contributed by atoms with Crippen LogP contribution >= 0.6 is 11.3 Å². The number of carbonyl (C=O) groups excluding carboxylic acids is 1. The van der Waals surface area contributed by atoms with Gasteiger partial charge in [-0.25, -0.2) is 18.4 Å². The first-order valence-electron chi connectivity index (χ1n) is 10.4. The Bertz CT molecular complexity index is 1220. The third-order valence-electron chi connectivity index (χ3n) is 4.91. The first-order chi connectivity index (χ1) is 15.5. The normalized spacial score (nSPS) is 11.9. The summed E-state index contributed by atoms with van der Waals surface area (Å²) in [5, 5.41) is 4.23. The van der Waals surface area contributed by atoms with Crippen LogP contribution in [-0.4, -0.2) is 41.1 Å². The number of ether oxygens (including phenoxy) is 1. The highest BCUT2D eigenvalue weighted by Crippen LogP contribution is 2.30. The summed E-state index contributed by atoms with van der Waals surface area (Å²) < 4.78 is 32.0. The molecule has 0 spiro atoms. The van der Waals surface area contributed by atoms with E-state index in [-0.39, 0.29) is 11.0 Å². The van der Waals surface area contributed by atoms with E-state index < -0.39 is 20.7 Å². The Morgan fingerprint density at radius 1 is 1.15 bits per heavy atom. The second-order valence-corrected chi connectivity index (χ2v) is 11.2.